The lowest BCUT2D eigenvalue weighted by atomic mass is 9.99. The summed E-state index contributed by atoms with van der Waals surface area (Å²) in [6.45, 7) is 4.34. The molecule has 18 heavy (non-hydrogen) atoms. The first-order valence-electron chi connectivity index (χ1n) is 6.42. The van der Waals surface area contributed by atoms with Crippen LogP contribution >= 0.6 is 0 Å². The van der Waals surface area contributed by atoms with E-state index in [0.29, 0.717) is 0 Å². The number of aromatic nitrogens is 2. The van der Waals surface area contributed by atoms with E-state index >= 15 is 0 Å². The highest BCUT2D eigenvalue weighted by atomic mass is 16.2. The molecule has 0 bridgehead atoms. The standard InChI is InChI=1S/C13H20N4O/c1-9-15-11(8-13(14-3)16-9)12-6-4-5-7-17(12)10(2)18/h8,12H,4-7H2,1-3H3,(H,14,15,16)/t12-/m0/s1. The van der Waals surface area contributed by atoms with Gasteiger partial charge < -0.3 is 10.2 Å². The maximum atomic E-state index is 11.7. The quantitative estimate of drug-likeness (QED) is 0.868. The van der Waals surface area contributed by atoms with Gasteiger partial charge in [-0.1, -0.05) is 0 Å². The fourth-order valence-corrected chi connectivity index (χ4v) is 2.51. The summed E-state index contributed by atoms with van der Waals surface area (Å²) in [5.74, 6) is 1.68. The minimum Gasteiger partial charge on any atom is -0.373 e. The van der Waals surface area contributed by atoms with E-state index < -0.39 is 0 Å². The van der Waals surface area contributed by atoms with Crippen molar-refractivity contribution in [1.29, 1.82) is 0 Å². The molecule has 98 valence electrons. The van der Waals surface area contributed by atoms with Crippen LogP contribution in [0.2, 0.25) is 0 Å². The van der Waals surface area contributed by atoms with Gasteiger partial charge in [0.05, 0.1) is 11.7 Å². The van der Waals surface area contributed by atoms with Crippen molar-refractivity contribution in [2.24, 2.45) is 0 Å². The van der Waals surface area contributed by atoms with Crippen LogP contribution in [-0.4, -0.2) is 34.4 Å². The number of hydrogen-bond donors (Lipinski definition) is 1. The van der Waals surface area contributed by atoms with Gasteiger partial charge in [-0.15, -0.1) is 0 Å². The highest BCUT2D eigenvalue weighted by Crippen LogP contribution is 2.30. The van der Waals surface area contributed by atoms with Gasteiger partial charge in [0, 0.05) is 26.6 Å². The monoisotopic (exact) mass is 248 g/mol. The Morgan fingerprint density at radius 1 is 1.44 bits per heavy atom. The molecule has 1 saturated heterocycles. The summed E-state index contributed by atoms with van der Waals surface area (Å²) in [6, 6.07) is 2.05. The van der Waals surface area contributed by atoms with Crippen LogP contribution in [0.15, 0.2) is 6.07 Å². The summed E-state index contributed by atoms with van der Waals surface area (Å²) in [4.78, 5) is 22.4. The molecule has 0 spiro atoms. The van der Waals surface area contributed by atoms with E-state index in [4.69, 9.17) is 0 Å². The van der Waals surface area contributed by atoms with E-state index in [1.54, 1.807) is 6.92 Å². The SMILES string of the molecule is CNc1cc([C@@H]2CCCCN2C(C)=O)nc(C)n1. The molecule has 1 N–H and O–H groups in total. The Bertz CT molecular complexity index is 447. The van der Waals surface area contributed by atoms with Crippen molar-refractivity contribution in [1.82, 2.24) is 14.9 Å². The van der Waals surface area contributed by atoms with Gasteiger partial charge in [-0.3, -0.25) is 4.79 Å². The molecule has 0 unspecified atom stereocenters. The Balaban J connectivity index is 2.33. The van der Waals surface area contributed by atoms with Crippen LogP contribution in [0.3, 0.4) is 0 Å². The van der Waals surface area contributed by atoms with Crippen molar-refractivity contribution in [2.45, 2.75) is 39.2 Å². The average Bonchev–Trinajstić information content (AvgIpc) is 2.38. The molecular formula is C13H20N4O. The van der Waals surface area contributed by atoms with Gasteiger partial charge in [0.2, 0.25) is 5.91 Å². The largest absolute Gasteiger partial charge is 0.373 e. The number of piperidine rings is 1. The molecule has 1 aliphatic rings. The molecule has 1 atom stereocenters. The number of likely N-dealkylation sites (tertiary alicyclic amines) is 1. The second-order valence-electron chi connectivity index (χ2n) is 4.70. The first-order valence-corrected chi connectivity index (χ1v) is 6.42. The number of nitrogens with zero attached hydrogens (tertiary/aromatic N) is 3. The number of hydrogen-bond acceptors (Lipinski definition) is 4. The van der Waals surface area contributed by atoms with Gasteiger partial charge in [-0.05, 0) is 26.2 Å². The van der Waals surface area contributed by atoms with E-state index in [0.717, 1.165) is 43.1 Å². The lowest BCUT2D eigenvalue weighted by molar-refractivity contribution is -0.132. The van der Waals surface area contributed by atoms with Crippen LogP contribution in [0, 0.1) is 6.92 Å². The highest BCUT2D eigenvalue weighted by Gasteiger charge is 2.27. The minimum absolute atomic E-state index is 0.102. The number of carbonyl (C=O) groups excluding carboxylic acids is 1. The Morgan fingerprint density at radius 2 is 2.22 bits per heavy atom. The average molecular weight is 248 g/mol. The lowest BCUT2D eigenvalue weighted by Crippen LogP contribution is -2.37. The smallest absolute Gasteiger partial charge is 0.220 e. The minimum atomic E-state index is 0.102. The molecule has 1 aliphatic heterocycles. The zero-order valence-corrected chi connectivity index (χ0v) is 11.2. The normalized spacial score (nSPS) is 19.7. The molecule has 5 heteroatoms. The third-order valence-corrected chi connectivity index (χ3v) is 3.36. The van der Waals surface area contributed by atoms with E-state index in [1.165, 1.54) is 0 Å². The fraction of sp³-hybridized carbons (Fsp3) is 0.615. The predicted octanol–water partition coefficient (Wildman–Crippen LogP) is 1.90. The molecule has 0 saturated carbocycles. The second kappa shape index (κ2) is 5.33. The topological polar surface area (TPSA) is 58.1 Å². The third kappa shape index (κ3) is 2.60. The van der Waals surface area contributed by atoms with Crippen molar-refractivity contribution >= 4 is 11.7 Å². The van der Waals surface area contributed by atoms with Crippen LogP contribution in [0.4, 0.5) is 5.82 Å². The molecule has 1 aromatic rings. The number of aryl methyl sites for hydroxylation is 1. The molecular weight excluding hydrogens is 228 g/mol. The van der Waals surface area contributed by atoms with Crippen LogP contribution in [-0.2, 0) is 4.79 Å². The van der Waals surface area contributed by atoms with Crippen molar-refractivity contribution in [3.63, 3.8) is 0 Å². The molecule has 0 radical (unpaired) electrons. The molecule has 0 aliphatic carbocycles. The van der Waals surface area contributed by atoms with Crippen molar-refractivity contribution in [3.05, 3.63) is 17.6 Å². The van der Waals surface area contributed by atoms with Crippen molar-refractivity contribution in [3.8, 4) is 0 Å². The lowest BCUT2D eigenvalue weighted by Gasteiger charge is -2.34. The highest BCUT2D eigenvalue weighted by molar-refractivity contribution is 5.73. The second-order valence-corrected chi connectivity index (χ2v) is 4.70. The van der Waals surface area contributed by atoms with Crippen molar-refractivity contribution in [2.75, 3.05) is 18.9 Å². The summed E-state index contributed by atoms with van der Waals surface area (Å²) in [5.41, 5.74) is 0.946. The van der Waals surface area contributed by atoms with E-state index in [1.807, 2.05) is 24.9 Å². The van der Waals surface area contributed by atoms with Gasteiger partial charge in [-0.2, -0.15) is 0 Å². The summed E-state index contributed by atoms with van der Waals surface area (Å²) >= 11 is 0. The van der Waals surface area contributed by atoms with Gasteiger partial charge >= 0.3 is 0 Å². The van der Waals surface area contributed by atoms with Crippen LogP contribution < -0.4 is 5.32 Å². The zero-order chi connectivity index (χ0) is 13.1. The number of amides is 1. The molecule has 2 rings (SSSR count). The number of rotatable bonds is 2. The van der Waals surface area contributed by atoms with E-state index in [9.17, 15) is 4.79 Å². The number of carbonyl (C=O) groups is 1. The first kappa shape index (κ1) is 12.8. The molecule has 1 amide bonds. The summed E-state index contributed by atoms with van der Waals surface area (Å²) in [5, 5.41) is 3.04. The first-order chi connectivity index (χ1) is 8.61. The van der Waals surface area contributed by atoms with Gasteiger partial charge in [-0.25, -0.2) is 9.97 Å². The van der Waals surface area contributed by atoms with Crippen molar-refractivity contribution < 1.29 is 4.79 Å². The molecule has 1 aromatic heterocycles. The van der Waals surface area contributed by atoms with Crippen LogP contribution in [0.25, 0.3) is 0 Å². The Morgan fingerprint density at radius 3 is 2.89 bits per heavy atom. The Kier molecular flexibility index (Phi) is 3.79. The van der Waals surface area contributed by atoms with Crippen LogP contribution in [0.5, 0.6) is 0 Å². The zero-order valence-electron chi connectivity index (χ0n) is 11.2. The molecule has 1 fully saturated rings. The van der Waals surface area contributed by atoms with E-state index in [-0.39, 0.29) is 11.9 Å². The third-order valence-electron chi connectivity index (χ3n) is 3.36. The van der Waals surface area contributed by atoms with Gasteiger partial charge in [0.1, 0.15) is 11.6 Å². The van der Waals surface area contributed by atoms with Gasteiger partial charge in [0.25, 0.3) is 0 Å². The summed E-state index contributed by atoms with van der Waals surface area (Å²) in [7, 11) is 1.84. The Hall–Kier alpha value is -1.65. The predicted molar refractivity (Wildman–Crippen MR) is 70.3 cm³/mol. The molecule has 0 aromatic carbocycles. The Labute approximate surface area is 108 Å². The van der Waals surface area contributed by atoms with Gasteiger partial charge in [0.15, 0.2) is 0 Å². The maximum absolute atomic E-state index is 11.7. The van der Waals surface area contributed by atoms with E-state index in [2.05, 4.69) is 15.3 Å². The summed E-state index contributed by atoms with van der Waals surface area (Å²) in [6.07, 6.45) is 3.21. The number of nitrogens with one attached hydrogen (secondary N) is 1. The fourth-order valence-electron chi connectivity index (χ4n) is 2.51. The molecule has 5 nitrogen and oxygen atoms in total. The molecule has 2 heterocycles. The van der Waals surface area contributed by atoms with Crippen LogP contribution in [0.1, 0.15) is 43.7 Å². The maximum Gasteiger partial charge on any atom is 0.220 e. The summed E-state index contributed by atoms with van der Waals surface area (Å²) < 4.78 is 0. The number of anilines is 1.